The molecule has 3 rings (SSSR count). The van der Waals surface area contributed by atoms with Crippen molar-refractivity contribution in [1.82, 2.24) is 15.0 Å². The second-order valence-corrected chi connectivity index (χ2v) is 7.97. The molecule has 0 unspecified atom stereocenters. The lowest BCUT2D eigenvalue weighted by molar-refractivity contribution is 0.582. The van der Waals surface area contributed by atoms with Crippen LogP contribution in [0.3, 0.4) is 0 Å². The van der Waals surface area contributed by atoms with Gasteiger partial charge in [-0.3, -0.25) is 0 Å². The monoisotopic (exact) mass is 363 g/mol. The lowest BCUT2D eigenvalue weighted by atomic mass is 10.2. The van der Waals surface area contributed by atoms with Crippen LogP contribution in [0.15, 0.2) is 46.8 Å². The summed E-state index contributed by atoms with van der Waals surface area (Å²) >= 11 is 1.48. The van der Waals surface area contributed by atoms with Gasteiger partial charge in [-0.2, -0.15) is 9.37 Å². The maximum Gasteiger partial charge on any atom is 0.218 e. The average molecular weight is 363 g/mol. The molecule has 124 valence electrons. The number of sulfone groups is 1. The highest BCUT2D eigenvalue weighted by Gasteiger charge is 2.10. The van der Waals surface area contributed by atoms with E-state index in [4.69, 9.17) is 0 Å². The van der Waals surface area contributed by atoms with E-state index in [0.717, 1.165) is 11.3 Å². The van der Waals surface area contributed by atoms with Crippen LogP contribution in [-0.4, -0.2) is 29.6 Å². The van der Waals surface area contributed by atoms with E-state index in [1.807, 2.05) is 5.38 Å². The minimum atomic E-state index is -3.28. The highest BCUT2D eigenvalue weighted by Crippen LogP contribution is 2.20. The van der Waals surface area contributed by atoms with Crippen molar-refractivity contribution in [2.75, 3.05) is 11.6 Å². The molecule has 0 aliphatic rings. The fourth-order valence-electron chi connectivity index (χ4n) is 1.99. The fraction of sp³-hybridized carbons (Fsp3) is 0.133. The van der Waals surface area contributed by atoms with Gasteiger partial charge in [0.1, 0.15) is 10.8 Å². The third-order valence-corrected chi connectivity index (χ3v) is 5.05. The van der Waals surface area contributed by atoms with E-state index in [-0.39, 0.29) is 10.7 Å². The van der Waals surface area contributed by atoms with Crippen LogP contribution in [0.4, 0.5) is 10.2 Å². The lowest BCUT2D eigenvalue weighted by Crippen LogP contribution is -2.04. The van der Waals surface area contributed by atoms with E-state index in [0.29, 0.717) is 17.9 Å². The Bertz CT molecular complexity index is 942. The van der Waals surface area contributed by atoms with Crippen LogP contribution in [0.25, 0.3) is 11.4 Å². The van der Waals surface area contributed by atoms with Gasteiger partial charge in [-0.05, 0) is 24.3 Å². The van der Waals surface area contributed by atoms with Gasteiger partial charge >= 0.3 is 0 Å². The minimum Gasteiger partial charge on any atom is -0.363 e. The van der Waals surface area contributed by atoms with Crippen molar-refractivity contribution in [2.45, 2.75) is 11.4 Å². The molecular formula is C15H13FN4O2S2. The van der Waals surface area contributed by atoms with Crippen molar-refractivity contribution >= 4 is 27.0 Å². The molecule has 2 aromatic heterocycles. The fourth-order valence-corrected chi connectivity index (χ4v) is 3.18. The molecule has 0 amide bonds. The number of hydrogen-bond donors (Lipinski definition) is 1. The molecule has 0 atom stereocenters. The number of hydrogen-bond acceptors (Lipinski definition) is 7. The lowest BCUT2D eigenvalue weighted by Gasteiger charge is -2.07. The van der Waals surface area contributed by atoms with E-state index in [9.17, 15) is 12.8 Å². The number of nitrogens with one attached hydrogen (secondary N) is 1. The quantitative estimate of drug-likeness (QED) is 0.702. The highest BCUT2D eigenvalue weighted by molar-refractivity contribution is 7.90. The molecule has 0 fully saturated rings. The number of aromatic nitrogens is 3. The first-order valence-corrected chi connectivity index (χ1v) is 9.66. The van der Waals surface area contributed by atoms with Crippen LogP contribution in [0, 0.1) is 5.95 Å². The molecule has 0 aliphatic heterocycles. The second-order valence-electron chi connectivity index (χ2n) is 4.98. The van der Waals surface area contributed by atoms with Crippen LogP contribution < -0.4 is 5.32 Å². The molecule has 0 saturated heterocycles. The maximum atomic E-state index is 13.7. The Labute approximate surface area is 142 Å². The van der Waals surface area contributed by atoms with Gasteiger partial charge in [-0.15, -0.1) is 11.3 Å². The van der Waals surface area contributed by atoms with Crippen molar-refractivity contribution in [3.8, 4) is 11.4 Å². The Hall–Kier alpha value is -2.39. The molecule has 0 aliphatic carbocycles. The SMILES string of the molecule is CS(=O)(=O)c1ccc(-c2nc([18F])cc(NCc3nccs3)n2)cc1. The zero-order valence-electron chi connectivity index (χ0n) is 12.6. The molecule has 9 heteroatoms. The van der Waals surface area contributed by atoms with Gasteiger partial charge in [0.25, 0.3) is 0 Å². The predicted octanol–water partition coefficient (Wildman–Crippen LogP) is 2.75. The average Bonchev–Trinajstić information content (AvgIpc) is 3.05. The molecule has 0 saturated carbocycles. The standard InChI is InChI=1S/C15H13FN4O2S2/c1-24(21,22)11-4-2-10(3-5-11)15-19-12(16)8-13(20-15)18-9-14-17-6-7-23-14/h2-8H,9H2,1H3,(H,18,19,20)/i16-1. The topological polar surface area (TPSA) is 84.8 Å². The Morgan fingerprint density at radius 3 is 2.58 bits per heavy atom. The molecule has 24 heavy (non-hydrogen) atoms. The van der Waals surface area contributed by atoms with Crippen LogP contribution >= 0.6 is 11.3 Å². The first-order valence-electron chi connectivity index (χ1n) is 6.89. The Balaban J connectivity index is 1.85. The van der Waals surface area contributed by atoms with Crippen molar-refractivity contribution in [3.05, 3.63) is 52.9 Å². The van der Waals surface area contributed by atoms with Crippen LogP contribution in [0.1, 0.15) is 5.01 Å². The van der Waals surface area contributed by atoms with Gasteiger partial charge in [-0.25, -0.2) is 18.4 Å². The van der Waals surface area contributed by atoms with Gasteiger partial charge < -0.3 is 5.32 Å². The van der Waals surface area contributed by atoms with Gasteiger partial charge in [0.05, 0.1) is 11.4 Å². The third-order valence-electron chi connectivity index (χ3n) is 3.14. The normalized spacial score (nSPS) is 11.4. The summed E-state index contributed by atoms with van der Waals surface area (Å²) in [6.45, 7) is 0.431. The number of halogens is 1. The zero-order chi connectivity index (χ0) is 17.2. The summed E-state index contributed by atoms with van der Waals surface area (Å²) in [5.74, 6) is -0.162. The van der Waals surface area contributed by atoms with E-state index in [1.165, 1.54) is 29.5 Å². The van der Waals surface area contributed by atoms with Crippen LogP contribution in [0.5, 0.6) is 0 Å². The molecule has 0 bridgehead atoms. The number of anilines is 1. The number of benzene rings is 1. The first-order chi connectivity index (χ1) is 11.4. The Morgan fingerprint density at radius 1 is 1.21 bits per heavy atom. The zero-order valence-corrected chi connectivity index (χ0v) is 14.2. The van der Waals surface area contributed by atoms with Crippen molar-refractivity contribution in [3.63, 3.8) is 0 Å². The Kier molecular flexibility index (Phi) is 4.54. The van der Waals surface area contributed by atoms with Gasteiger partial charge in [-0.1, -0.05) is 0 Å². The number of thiazole rings is 1. The summed E-state index contributed by atoms with van der Waals surface area (Å²) in [6, 6.07) is 7.19. The number of nitrogens with zero attached hydrogens (tertiary/aromatic N) is 3. The highest BCUT2D eigenvalue weighted by atomic mass is 32.2. The number of rotatable bonds is 5. The molecule has 1 N–H and O–H groups in total. The first kappa shape index (κ1) is 16.5. The summed E-state index contributed by atoms with van der Waals surface area (Å²) in [5.41, 5.74) is 0.527. The molecule has 0 radical (unpaired) electrons. The van der Waals surface area contributed by atoms with Gasteiger partial charge in [0, 0.05) is 29.5 Å². The molecule has 1 aromatic carbocycles. The molecule has 2 heterocycles. The Morgan fingerprint density at radius 2 is 1.96 bits per heavy atom. The summed E-state index contributed by atoms with van der Waals surface area (Å²) in [6.07, 6.45) is 2.82. The van der Waals surface area contributed by atoms with E-state index in [1.54, 1.807) is 18.3 Å². The van der Waals surface area contributed by atoms with Gasteiger partial charge in [0.15, 0.2) is 15.7 Å². The molecule has 3 aromatic rings. The third kappa shape index (κ3) is 3.92. The second kappa shape index (κ2) is 6.62. The minimum absolute atomic E-state index is 0.177. The van der Waals surface area contributed by atoms with E-state index >= 15 is 0 Å². The van der Waals surface area contributed by atoms with Gasteiger partial charge in [0.2, 0.25) is 5.95 Å². The van der Waals surface area contributed by atoms with E-state index in [2.05, 4.69) is 20.3 Å². The van der Waals surface area contributed by atoms with Crippen molar-refractivity contribution in [1.29, 1.82) is 0 Å². The van der Waals surface area contributed by atoms with Crippen molar-refractivity contribution in [2.24, 2.45) is 0 Å². The smallest absolute Gasteiger partial charge is 0.218 e. The summed E-state index contributed by atoms with van der Waals surface area (Å²) < 4.78 is 36.7. The van der Waals surface area contributed by atoms with E-state index < -0.39 is 15.8 Å². The summed E-state index contributed by atoms with van der Waals surface area (Å²) in [5, 5.41) is 5.70. The molecule has 6 nitrogen and oxygen atoms in total. The summed E-state index contributed by atoms with van der Waals surface area (Å²) in [4.78, 5) is 12.3. The molecular weight excluding hydrogens is 350 g/mol. The predicted molar refractivity (Wildman–Crippen MR) is 90.0 cm³/mol. The summed E-state index contributed by atoms with van der Waals surface area (Å²) in [7, 11) is -3.28. The largest absolute Gasteiger partial charge is 0.363 e. The maximum absolute atomic E-state index is 13.7. The van der Waals surface area contributed by atoms with Crippen molar-refractivity contribution < 1.29 is 12.8 Å². The van der Waals surface area contributed by atoms with Crippen LogP contribution in [0.2, 0.25) is 0 Å². The van der Waals surface area contributed by atoms with Crippen LogP contribution in [-0.2, 0) is 16.4 Å². The molecule has 0 spiro atoms.